The molecule has 1 rings (SSSR count). The number of aliphatic imine (C=N–C) groups is 1. The van der Waals surface area contributed by atoms with Crippen LogP contribution in [0, 0.1) is 6.92 Å². The van der Waals surface area contributed by atoms with E-state index in [1.807, 2.05) is 32.0 Å². The fourth-order valence-electron chi connectivity index (χ4n) is 1.26. The summed E-state index contributed by atoms with van der Waals surface area (Å²) in [5.74, 6) is 1.45. The Morgan fingerprint density at radius 2 is 2.21 bits per heavy atom. The van der Waals surface area contributed by atoms with Crippen molar-refractivity contribution >= 4 is 5.84 Å². The van der Waals surface area contributed by atoms with Gasteiger partial charge < -0.3 is 10.5 Å². The third-order valence-corrected chi connectivity index (χ3v) is 2.01. The quantitative estimate of drug-likeness (QED) is 0.585. The number of benzene rings is 1. The van der Waals surface area contributed by atoms with E-state index in [9.17, 15) is 0 Å². The third-order valence-electron chi connectivity index (χ3n) is 2.01. The molecule has 0 amide bonds. The predicted molar refractivity (Wildman–Crippen MR) is 59.0 cm³/mol. The number of nitrogens with zero attached hydrogens (tertiary/aromatic N) is 1. The van der Waals surface area contributed by atoms with Crippen LogP contribution in [0.25, 0.3) is 0 Å². The number of nitrogens with two attached hydrogens (primary N) is 1. The van der Waals surface area contributed by atoms with Gasteiger partial charge in [-0.2, -0.15) is 0 Å². The minimum atomic E-state index is 0.552. The zero-order valence-corrected chi connectivity index (χ0v) is 8.87. The van der Waals surface area contributed by atoms with E-state index in [1.165, 1.54) is 0 Å². The van der Waals surface area contributed by atoms with E-state index < -0.39 is 0 Å². The van der Waals surface area contributed by atoms with E-state index in [-0.39, 0.29) is 0 Å². The summed E-state index contributed by atoms with van der Waals surface area (Å²) in [4.78, 5) is 3.93. The van der Waals surface area contributed by atoms with Crippen LogP contribution < -0.4 is 10.5 Å². The highest BCUT2D eigenvalue weighted by molar-refractivity contribution is 5.97. The fraction of sp³-hybridized carbons (Fsp3) is 0.364. The molecule has 0 saturated heterocycles. The van der Waals surface area contributed by atoms with Crippen LogP contribution >= 0.6 is 0 Å². The Hall–Kier alpha value is -1.51. The first kappa shape index (κ1) is 10.6. The van der Waals surface area contributed by atoms with Crippen LogP contribution in [0.1, 0.15) is 18.1 Å². The minimum Gasteiger partial charge on any atom is -0.494 e. The second-order valence-electron chi connectivity index (χ2n) is 3.02. The molecule has 0 aliphatic rings. The van der Waals surface area contributed by atoms with E-state index in [0.29, 0.717) is 12.4 Å². The maximum absolute atomic E-state index is 5.70. The topological polar surface area (TPSA) is 47.6 Å². The van der Waals surface area contributed by atoms with Gasteiger partial charge in [0.05, 0.1) is 6.61 Å². The van der Waals surface area contributed by atoms with Gasteiger partial charge in [0, 0.05) is 12.6 Å². The summed E-state index contributed by atoms with van der Waals surface area (Å²) in [6.07, 6.45) is 0. The number of hydrogen-bond donors (Lipinski definition) is 1. The van der Waals surface area contributed by atoms with Gasteiger partial charge in [-0.15, -0.1) is 0 Å². The molecule has 0 heterocycles. The summed E-state index contributed by atoms with van der Waals surface area (Å²) < 4.78 is 5.42. The molecule has 0 bridgehead atoms. The van der Waals surface area contributed by atoms with Crippen molar-refractivity contribution in [3.63, 3.8) is 0 Å². The van der Waals surface area contributed by atoms with Crippen LogP contribution in [-0.4, -0.2) is 19.5 Å². The molecule has 1 aromatic rings. The highest BCUT2D eigenvalue weighted by Gasteiger charge is 2.02. The summed E-state index contributed by atoms with van der Waals surface area (Å²) in [5, 5.41) is 0. The Labute approximate surface area is 84.6 Å². The van der Waals surface area contributed by atoms with Gasteiger partial charge in [-0.1, -0.05) is 0 Å². The van der Waals surface area contributed by atoms with Crippen LogP contribution in [-0.2, 0) is 0 Å². The van der Waals surface area contributed by atoms with E-state index in [1.54, 1.807) is 7.05 Å². The average Bonchev–Trinajstić information content (AvgIpc) is 2.20. The lowest BCUT2D eigenvalue weighted by molar-refractivity contribution is 0.338. The van der Waals surface area contributed by atoms with Crippen LogP contribution in [0.4, 0.5) is 0 Å². The zero-order valence-electron chi connectivity index (χ0n) is 8.87. The number of ether oxygens (including phenoxy) is 1. The number of rotatable bonds is 3. The molecule has 76 valence electrons. The summed E-state index contributed by atoms with van der Waals surface area (Å²) in [6.45, 7) is 4.64. The molecule has 2 N–H and O–H groups in total. The van der Waals surface area contributed by atoms with E-state index in [0.717, 1.165) is 16.9 Å². The molecule has 0 saturated carbocycles. The maximum Gasteiger partial charge on any atom is 0.125 e. The number of aryl methyl sites for hydroxylation is 1. The molecule has 0 atom stereocenters. The lowest BCUT2D eigenvalue weighted by Gasteiger charge is -2.08. The molecule has 3 nitrogen and oxygen atoms in total. The Morgan fingerprint density at radius 3 is 2.71 bits per heavy atom. The lowest BCUT2D eigenvalue weighted by Crippen LogP contribution is -2.13. The molecule has 0 unspecified atom stereocenters. The monoisotopic (exact) mass is 192 g/mol. The van der Waals surface area contributed by atoms with E-state index in [4.69, 9.17) is 10.5 Å². The molecule has 0 aliphatic carbocycles. The van der Waals surface area contributed by atoms with Gasteiger partial charge in [0.25, 0.3) is 0 Å². The van der Waals surface area contributed by atoms with Gasteiger partial charge in [0.2, 0.25) is 0 Å². The third kappa shape index (κ3) is 2.25. The van der Waals surface area contributed by atoms with Gasteiger partial charge in [-0.05, 0) is 37.6 Å². The Kier molecular flexibility index (Phi) is 3.51. The molecule has 0 radical (unpaired) electrons. The van der Waals surface area contributed by atoms with Crippen molar-refractivity contribution in [1.29, 1.82) is 0 Å². The Balaban J connectivity index is 3.00. The molecular weight excluding hydrogens is 176 g/mol. The van der Waals surface area contributed by atoms with Gasteiger partial charge >= 0.3 is 0 Å². The Morgan fingerprint density at radius 1 is 1.50 bits per heavy atom. The molecule has 0 aromatic heterocycles. The van der Waals surface area contributed by atoms with Gasteiger partial charge in [-0.25, -0.2) is 0 Å². The van der Waals surface area contributed by atoms with Crippen LogP contribution in [0.3, 0.4) is 0 Å². The van der Waals surface area contributed by atoms with Gasteiger partial charge in [0.1, 0.15) is 11.6 Å². The molecule has 3 heteroatoms. The first-order valence-electron chi connectivity index (χ1n) is 4.65. The summed E-state index contributed by atoms with van der Waals surface area (Å²) in [6, 6.07) is 5.82. The maximum atomic E-state index is 5.70. The van der Waals surface area contributed by atoms with Crippen molar-refractivity contribution in [2.24, 2.45) is 10.7 Å². The summed E-state index contributed by atoms with van der Waals surface area (Å²) in [5.41, 5.74) is 7.71. The predicted octanol–water partition coefficient (Wildman–Crippen LogP) is 1.73. The van der Waals surface area contributed by atoms with Crippen molar-refractivity contribution in [3.8, 4) is 5.75 Å². The summed E-state index contributed by atoms with van der Waals surface area (Å²) in [7, 11) is 1.68. The SMILES string of the molecule is CCOc1ccc(C(N)=NC)cc1C. The van der Waals surface area contributed by atoms with Crippen molar-refractivity contribution in [2.45, 2.75) is 13.8 Å². The van der Waals surface area contributed by atoms with Crippen molar-refractivity contribution in [1.82, 2.24) is 0 Å². The van der Waals surface area contributed by atoms with Crippen LogP contribution in [0.5, 0.6) is 5.75 Å². The Bertz CT molecular complexity index is 345. The molecule has 0 fully saturated rings. The van der Waals surface area contributed by atoms with E-state index in [2.05, 4.69) is 4.99 Å². The van der Waals surface area contributed by atoms with E-state index >= 15 is 0 Å². The van der Waals surface area contributed by atoms with Gasteiger partial charge in [-0.3, -0.25) is 4.99 Å². The lowest BCUT2D eigenvalue weighted by atomic mass is 10.1. The standard InChI is InChI=1S/C11H16N2O/c1-4-14-10-6-5-9(7-8(10)2)11(12)13-3/h5-7H,4H2,1-3H3,(H2,12,13). The fourth-order valence-corrected chi connectivity index (χ4v) is 1.26. The van der Waals surface area contributed by atoms with Crippen LogP contribution in [0.2, 0.25) is 0 Å². The second kappa shape index (κ2) is 4.65. The smallest absolute Gasteiger partial charge is 0.125 e. The second-order valence-corrected chi connectivity index (χ2v) is 3.02. The van der Waals surface area contributed by atoms with Crippen molar-refractivity contribution < 1.29 is 4.74 Å². The average molecular weight is 192 g/mol. The molecule has 0 spiro atoms. The first-order valence-corrected chi connectivity index (χ1v) is 4.65. The first-order chi connectivity index (χ1) is 6.69. The number of amidine groups is 1. The van der Waals surface area contributed by atoms with Crippen LogP contribution in [0.15, 0.2) is 23.2 Å². The highest BCUT2D eigenvalue weighted by atomic mass is 16.5. The molecular formula is C11H16N2O. The molecule has 14 heavy (non-hydrogen) atoms. The normalized spacial score (nSPS) is 11.5. The van der Waals surface area contributed by atoms with Crippen molar-refractivity contribution in [3.05, 3.63) is 29.3 Å². The molecule has 1 aromatic carbocycles. The largest absolute Gasteiger partial charge is 0.494 e. The molecule has 0 aliphatic heterocycles. The number of hydrogen-bond acceptors (Lipinski definition) is 2. The van der Waals surface area contributed by atoms with Crippen molar-refractivity contribution in [2.75, 3.05) is 13.7 Å². The highest BCUT2D eigenvalue weighted by Crippen LogP contribution is 2.18. The zero-order chi connectivity index (χ0) is 10.6. The summed E-state index contributed by atoms with van der Waals surface area (Å²) >= 11 is 0. The minimum absolute atomic E-state index is 0.552. The van der Waals surface area contributed by atoms with Gasteiger partial charge in [0.15, 0.2) is 0 Å².